The number of ether oxygens (including phenoxy) is 1. The summed E-state index contributed by atoms with van der Waals surface area (Å²) in [7, 11) is 0. The zero-order chi connectivity index (χ0) is 18.8. The number of benzene rings is 1. The van der Waals surface area contributed by atoms with Crippen LogP contribution >= 0.6 is 11.8 Å². The van der Waals surface area contributed by atoms with Gasteiger partial charge in [0.05, 0.1) is 18.6 Å². The van der Waals surface area contributed by atoms with Gasteiger partial charge in [0, 0.05) is 0 Å². The molecular formula is C16H19N5O4S. The van der Waals surface area contributed by atoms with Crippen LogP contribution in [0.2, 0.25) is 0 Å². The zero-order valence-electron chi connectivity index (χ0n) is 14.2. The molecule has 26 heavy (non-hydrogen) atoms. The van der Waals surface area contributed by atoms with Gasteiger partial charge in [0.25, 0.3) is 5.56 Å². The molecule has 0 saturated carbocycles. The molecule has 0 saturated heterocycles. The number of thioether (sulfide) groups is 1. The van der Waals surface area contributed by atoms with Gasteiger partial charge in [-0.2, -0.15) is 10.2 Å². The Morgan fingerprint density at radius 3 is 2.81 bits per heavy atom. The fourth-order valence-corrected chi connectivity index (χ4v) is 2.39. The highest BCUT2D eigenvalue weighted by Gasteiger charge is 2.07. The molecule has 0 aliphatic carbocycles. The fraction of sp³-hybridized carbons (Fsp3) is 0.312. The van der Waals surface area contributed by atoms with E-state index in [4.69, 9.17) is 4.74 Å². The van der Waals surface area contributed by atoms with Gasteiger partial charge in [-0.1, -0.05) is 25.1 Å². The lowest BCUT2D eigenvalue weighted by Crippen LogP contribution is -2.26. The predicted molar refractivity (Wildman–Crippen MR) is 98.8 cm³/mol. The summed E-state index contributed by atoms with van der Waals surface area (Å²) in [4.78, 5) is 36.0. The SMILES string of the molecule is CCCCOc1ccc(/C=N/NC(=O)CSc2n[nH]c(=O)[nH]c2=O)cc1. The molecule has 138 valence electrons. The molecule has 0 spiro atoms. The van der Waals surface area contributed by atoms with Gasteiger partial charge < -0.3 is 4.74 Å². The number of rotatable bonds is 9. The molecule has 0 atom stereocenters. The van der Waals surface area contributed by atoms with Crippen LogP contribution in [0, 0.1) is 0 Å². The van der Waals surface area contributed by atoms with E-state index >= 15 is 0 Å². The Balaban J connectivity index is 1.77. The second-order valence-electron chi connectivity index (χ2n) is 5.16. The molecule has 1 aromatic heterocycles. The Morgan fingerprint density at radius 1 is 1.35 bits per heavy atom. The first kappa shape index (κ1) is 19.4. The number of H-pyrrole nitrogens is 2. The van der Waals surface area contributed by atoms with Crippen LogP contribution in [0.1, 0.15) is 25.3 Å². The molecule has 1 aromatic carbocycles. The van der Waals surface area contributed by atoms with E-state index in [0.717, 1.165) is 35.9 Å². The molecule has 0 unspecified atom stereocenters. The molecule has 9 nitrogen and oxygen atoms in total. The number of hydrogen-bond donors (Lipinski definition) is 3. The van der Waals surface area contributed by atoms with Gasteiger partial charge in [-0.05, 0) is 36.2 Å². The van der Waals surface area contributed by atoms with E-state index in [1.54, 1.807) is 0 Å². The van der Waals surface area contributed by atoms with E-state index in [0.29, 0.717) is 6.61 Å². The van der Waals surface area contributed by atoms with Crippen molar-refractivity contribution in [2.75, 3.05) is 12.4 Å². The second-order valence-corrected chi connectivity index (χ2v) is 6.13. The molecule has 0 radical (unpaired) electrons. The molecule has 0 fully saturated rings. The Labute approximate surface area is 153 Å². The fourth-order valence-electron chi connectivity index (χ4n) is 1.76. The number of hydrazone groups is 1. The summed E-state index contributed by atoms with van der Waals surface area (Å²) in [5.74, 6) is 0.316. The first-order valence-corrected chi connectivity index (χ1v) is 8.93. The van der Waals surface area contributed by atoms with Crippen molar-refractivity contribution >= 4 is 23.9 Å². The van der Waals surface area contributed by atoms with Crippen molar-refractivity contribution in [3.05, 3.63) is 50.7 Å². The predicted octanol–water partition coefficient (Wildman–Crippen LogP) is 0.879. The molecule has 10 heteroatoms. The third kappa shape index (κ3) is 6.55. The Hall–Kier alpha value is -2.88. The molecule has 1 amide bonds. The average Bonchev–Trinajstić information content (AvgIpc) is 2.62. The van der Waals surface area contributed by atoms with Crippen molar-refractivity contribution in [2.45, 2.75) is 24.8 Å². The van der Waals surface area contributed by atoms with Crippen LogP contribution in [0.25, 0.3) is 0 Å². The molecule has 2 aromatic rings. The number of carbonyl (C=O) groups is 1. The molecule has 1 heterocycles. The summed E-state index contributed by atoms with van der Waals surface area (Å²) in [5, 5.41) is 9.51. The minimum Gasteiger partial charge on any atom is -0.494 e. The van der Waals surface area contributed by atoms with Gasteiger partial charge in [-0.3, -0.25) is 14.6 Å². The first-order valence-electron chi connectivity index (χ1n) is 7.95. The summed E-state index contributed by atoms with van der Waals surface area (Å²) in [6, 6.07) is 7.33. The minimum absolute atomic E-state index is 0.00221. The van der Waals surface area contributed by atoms with Gasteiger partial charge in [0.2, 0.25) is 5.91 Å². The molecule has 0 aliphatic rings. The van der Waals surface area contributed by atoms with Crippen molar-refractivity contribution in [3.63, 3.8) is 0 Å². The van der Waals surface area contributed by atoms with Crippen molar-refractivity contribution in [1.82, 2.24) is 20.6 Å². The van der Waals surface area contributed by atoms with Crippen LogP contribution in [0.5, 0.6) is 5.75 Å². The first-order chi connectivity index (χ1) is 12.6. The quantitative estimate of drug-likeness (QED) is 0.257. The normalized spacial score (nSPS) is 10.8. The summed E-state index contributed by atoms with van der Waals surface area (Å²) in [6.07, 6.45) is 3.59. The highest BCUT2D eigenvalue weighted by atomic mass is 32.2. The standard InChI is InChI=1S/C16H19N5O4S/c1-2-3-8-25-12-6-4-11(5-7-12)9-17-19-13(22)10-26-15-14(23)18-16(24)21-20-15/h4-7,9H,2-3,8,10H2,1H3,(H,19,22)(H2,18,21,23,24)/b17-9+. The van der Waals surface area contributed by atoms with Gasteiger partial charge in [-0.15, -0.1) is 0 Å². The Kier molecular flexibility index (Phi) is 7.62. The third-order valence-electron chi connectivity index (χ3n) is 3.07. The largest absolute Gasteiger partial charge is 0.494 e. The van der Waals surface area contributed by atoms with Crippen LogP contribution < -0.4 is 21.4 Å². The van der Waals surface area contributed by atoms with E-state index in [1.807, 2.05) is 29.2 Å². The molecule has 0 aliphatic heterocycles. The third-order valence-corrected chi connectivity index (χ3v) is 4.03. The lowest BCUT2D eigenvalue weighted by atomic mass is 10.2. The number of hydrogen-bond acceptors (Lipinski definition) is 7. The van der Waals surface area contributed by atoms with Gasteiger partial charge in [0.1, 0.15) is 5.75 Å². The van der Waals surface area contributed by atoms with Crippen LogP contribution in [0.3, 0.4) is 0 Å². The van der Waals surface area contributed by atoms with Crippen molar-refractivity contribution in [2.24, 2.45) is 5.10 Å². The number of aromatic amines is 2. The summed E-state index contributed by atoms with van der Waals surface area (Å²) >= 11 is 0.894. The highest BCUT2D eigenvalue weighted by molar-refractivity contribution is 7.99. The van der Waals surface area contributed by atoms with Crippen molar-refractivity contribution in [1.29, 1.82) is 0 Å². The maximum Gasteiger partial charge on any atom is 0.342 e. The second kappa shape index (κ2) is 10.2. The Bertz CT molecular complexity index is 860. The van der Waals surface area contributed by atoms with E-state index in [-0.39, 0.29) is 10.8 Å². The summed E-state index contributed by atoms with van der Waals surface area (Å²) in [6.45, 7) is 2.79. The van der Waals surface area contributed by atoms with Gasteiger partial charge in [-0.25, -0.2) is 15.3 Å². The number of aromatic nitrogens is 3. The maximum absolute atomic E-state index is 11.7. The molecular weight excluding hydrogens is 358 g/mol. The molecule has 0 bridgehead atoms. The van der Waals surface area contributed by atoms with Crippen molar-refractivity contribution in [3.8, 4) is 5.75 Å². The van der Waals surface area contributed by atoms with Crippen LogP contribution in [0.4, 0.5) is 0 Å². The van der Waals surface area contributed by atoms with E-state index in [1.165, 1.54) is 6.21 Å². The summed E-state index contributed by atoms with van der Waals surface area (Å²) in [5.41, 5.74) is 1.82. The van der Waals surface area contributed by atoms with E-state index in [9.17, 15) is 14.4 Å². The van der Waals surface area contributed by atoms with Crippen molar-refractivity contribution < 1.29 is 9.53 Å². The van der Waals surface area contributed by atoms with E-state index < -0.39 is 17.2 Å². The zero-order valence-corrected chi connectivity index (χ0v) is 15.0. The van der Waals surface area contributed by atoms with Gasteiger partial charge >= 0.3 is 5.69 Å². The minimum atomic E-state index is -0.699. The average molecular weight is 377 g/mol. The highest BCUT2D eigenvalue weighted by Crippen LogP contribution is 2.11. The number of unbranched alkanes of at least 4 members (excludes halogenated alkanes) is 1. The molecule has 3 N–H and O–H groups in total. The monoisotopic (exact) mass is 377 g/mol. The number of nitrogens with one attached hydrogen (secondary N) is 3. The molecule has 2 rings (SSSR count). The topological polar surface area (TPSA) is 129 Å². The van der Waals surface area contributed by atoms with E-state index in [2.05, 4.69) is 27.6 Å². The number of amides is 1. The number of nitrogens with zero attached hydrogens (tertiary/aromatic N) is 2. The lowest BCUT2D eigenvalue weighted by Gasteiger charge is -2.04. The maximum atomic E-state index is 11.7. The van der Waals surface area contributed by atoms with Gasteiger partial charge in [0.15, 0.2) is 5.03 Å². The van der Waals surface area contributed by atoms with Crippen LogP contribution in [0.15, 0.2) is 44.0 Å². The van der Waals surface area contributed by atoms with Crippen LogP contribution in [-0.2, 0) is 4.79 Å². The lowest BCUT2D eigenvalue weighted by molar-refractivity contribution is -0.118. The summed E-state index contributed by atoms with van der Waals surface area (Å²) < 4.78 is 5.56. The smallest absolute Gasteiger partial charge is 0.342 e. The Morgan fingerprint density at radius 2 is 2.12 bits per heavy atom. The number of carbonyl (C=O) groups excluding carboxylic acids is 1. The van der Waals surface area contributed by atoms with Crippen LogP contribution in [-0.4, -0.2) is 39.7 Å².